The molecule has 1 saturated carbocycles. The summed E-state index contributed by atoms with van der Waals surface area (Å²) in [4.78, 5) is 22.0. The van der Waals surface area contributed by atoms with Gasteiger partial charge in [-0.2, -0.15) is 0 Å². The Morgan fingerprint density at radius 2 is 2.11 bits per heavy atom. The van der Waals surface area contributed by atoms with Crippen LogP contribution in [0.2, 0.25) is 0 Å². The molecule has 1 atom stereocenters. The second-order valence-corrected chi connectivity index (χ2v) is 7.72. The topological polar surface area (TPSA) is 111 Å². The highest BCUT2D eigenvalue weighted by molar-refractivity contribution is 5.90. The number of nitrogens with zero attached hydrogens (tertiary/aromatic N) is 3. The van der Waals surface area contributed by atoms with Crippen molar-refractivity contribution in [3.8, 4) is 0 Å². The predicted octanol–water partition coefficient (Wildman–Crippen LogP) is 1.42. The van der Waals surface area contributed by atoms with Crippen molar-refractivity contribution in [2.75, 3.05) is 31.6 Å². The highest BCUT2D eigenvalue weighted by atomic mass is 16.5. The Kier molecular flexibility index (Phi) is 6.76. The zero-order valence-corrected chi connectivity index (χ0v) is 15.6. The van der Waals surface area contributed by atoms with E-state index >= 15 is 0 Å². The lowest BCUT2D eigenvalue weighted by atomic mass is 9.74. The molecule has 3 rings (SSSR count). The number of carbonyl (C=O) groups is 1. The molecule has 8 heteroatoms. The number of hydroxylamine groups is 1. The Balaban J connectivity index is 1.49. The summed E-state index contributed by atoms with van der Waals surface area (Å²) in [5, 5.41) is 21.8. The van der Waals surface area contributed by atoms with Crippen molar-refractivity contribution in [1.29, 1.82) is 0 Å². The van der Waals surface area contributed by atoms with Gasteiger partial charge < -0.3 is 15.3 Å². The molecule has 1 aromatic heterocycles. The zero-order valence-electron chi connectivity index (χ0n) is 15.6. The van der Waals surface area contributed by atoms with Gasteiger partial charge in [0.2, 0.25) is 0 Å². The number of carbonyl (C=O) groups excluding carboxylic acids is 1. The van der Waals surface area contributed by atoms with E-state index in [9.17, 15) is 9.90 Å². The van der Waals surface area contributed by atoms with E-state index < -0.39 is 5.91 Å². The van der Waals surface area contributed by atoms with Gasteiger partial charge in [-0.3, -0.25) is 15.0 Å². The van der Waals surface area contributed by atoms with Gasteiger partial charge in [0.05, 0.1) is 18.1 Å². The van der Waals surface area contributed by atoms with Crippen LogP contribution in [0.25, 0.3) is 6.08 Å². The molecule has 8 nitrogen and oxygen atoms in total. The van der Waals surface area contributed by atoms with Crippen molar-refractivity contribution in [3.63, 3.8) is 0 Å². The van der Waals surface area contributed by atoms with Crippen LogP contribution in [0.1, 0.15) is 44.2 Å². The third-order valence-electron chi connectivity index (χ3n) is 5.62. The fraction of sp³-hybridized carbons (Fsp3) is 0.632. The first kappa shape index (κ1) is 19.7. The van der Waals surface area contributed by atoms with Gasteiger partial charge in [0.25, 0.3) is 5.91 Å². The van der Waals surface area contributed by atoms with Gasteiger partial charge in [0.15, 0.2) is 0 Å². The van der Waals surface area contributed by atoms with E-state index in [-0.39, 0.29) is 12.0 Å². The number of amides is 1. The van der Waals surface area contributed by atoms with Crippen LogP contribution < -0.4 is 10.8 Å². The Hall–Kier alpha value is -2.03. The molecule has 2 fully saturated rings. The molecule has 148 valence electrons. The summed E-state index contributed by atoms with van der Waals surface area (Å²) < 4.78 is 0. The number of rotatable bonds is 7. The third kappa shape index (κ3) is 5.47. The third-order valence-corrected chi connectivity index (χ3v) is 5.62. The summed E-state index contributed by atoms with van der Waals surface area (Å²) >= 11 is 0. The monoisotopic (exact) mass is 375 g/mol. The van der Waals surface area contributed by atoms with E-state index in [1.54, 1.807) is 12.4 Å². The lowest BCUT2D eigenvalue weighted by molar-refractivity contribution is -0.124. The van der Waals surface area contributed by atoms with Crippen molar-refractivity contribution in [2.45, 2.75) is 44.6 Å². The van der Waals surface area contributed by atoms with Crippen LogP contribution in [0.15, 0.2) is 18.5 Å². The maximum atomic E-state index is 11.0. The van der Waals surface area contributed by atoms with Gasteiger partial charge in [-0.1, -0.05) is 19.3 Å². The van der Waals surface area contributed by atoms with Crippen LogP contribution in [0.5, 0.6) is 0 Å². The Morgan fingerprint density at radius 1 is 1.30 bits per heavy atom. The lowest BCUT2D eigenvalue weighted by Gasteiger charge is -2.38. The summed E-state index contributed by atoms with van der Waals surface area (Å²) in [6, 6.07) is 0.320. The number of anilines is 1. The van der Waals surface area contributed by atoms with Crippen molar-refractivity contribution in [3.05, 3.63) is 24.2 Å². The molecule has 0 radical (unpaired) electrons. The first-order chi connectivity index (χ1) is 13.1. The Labute approximate surface area is 159 Å². The van der Waals surface area contributed by atoms with Crippen LogP contribution in [0.4, 0.5) is 5.82 Å². The molecule has 0 bridgehead atoms. The van der Waals surface area contributed by atoms with Crippen molar-refractivity contribution < 1.29 is 15.1 Å². The largest absolute Gasteiger partial charge is 0.396 e. The van der Waals surface area contributed by atoms with Crippen molar-refractivity contribution in [1.82, 2.24) is 20.3 Å². The fourth-order valence-corrected chi connectivity index (χ4v) is 4.14. The minimum absolute atomic E-state index is 0.0851. The first-order valence-corrected chi connectivity index (χ1v) is 9.66. The van der Waals surface area contributed by atoms with E-state index in [2.05, 4.69) is 20.2 Å². The maximum absolute atomic E-state index is 11.0. The molecular weight excluding hydrogens is 346 g/mol. The molecule has 1 unspecified atom stereocenters. The average Bonchev–Trinajstić information content (AvgIpc) is 3.14. The highest BCUT2D eigenvalue weighted by Gasteiger charge is 2.35. The number of aromatic nitrogens is 2. The van der Waals surface area contributed by atoms with Gasteiger partial charge in [-0.25, -0.2) is 10.5 Å². The minimum atomic E-state index is -0.608. The molecule has 27 heavy (non-hydrogen) atoms. The molecule has 0 aromatic carbocycles. The molecule has 1 aliphatic heterocycles. The Morgan fingerprint density at radius 3 is 2.78 bits per heavy atom. The quantitative estimate of drug-likeness (QED) is 0.324. The van der Waals surface area contributed by atoms with Gasteiger partial charge in [0, 0.05) is 43.8 Å². The van der Waals surface area contributed by atoms with Crippen LogP contribution in [-0.2, 0) is 4.79 Å². The summed E-state index contributed by atoms with van der Waals surface area (Å²) in [5.74, 6) is 0.101. The number of hydrogen-bond donors (Lipinski definition) is 4. The predicted molar refractivity (Wildman–Crippen MR) is 102 cm³/mol. The average molecular weight is 375 g/mol. The van der Waals surface area contributed by atoms with Crippen LogP contribution in [0.3, 0.4) is 0 Å². The van der Waals surface area contributed by atoms with Crippen LogP contribution in [0, 0.1) is 5.41 Å². The smallest absolute Gasteiger partial charge is 0.267 e. The van der Waals surface area contributed by atoms with E-state index in [0.29, 0.717) is 17.6 Å². The SMILES string of the molecule is O=C(/C=C/c1cnc(NC2CCN(CC3(CO)CCCCC3)C2)cn1)NO. The molecule has 1 saturated heterocycles. The molecule has 1 amide bonds. The molecule has 4 N–H and O–H groups in total. The summed E-state index contributed by atoms with van der Waals surface area (Å²) in [6.07, 6.45) is 13.0. The zero-order chi connectivity index (χ0) is 19.1. The number of aliphatic hydroxyl groups is 1. The van der Waals surface area contributed by atoms with E-state index in [1.165, 1.54) is 36.9 Å². The first-order valence-electron chi connectivity index (χ1n) is 9.66. The standard InChI is InChI=1S/C19H29N5O3/c25-14-19(7-2-1-3-8-19)13-24-9-6-16(12-24)22-17-11-20-15(10-21-17)4-5-18(26)23-27/h4-5,10-11,16,25,27H,1-3,6-9,12-14H2,(H,21,22)(H,23,26)/b5-4+. The van der Waals surface area contributed by atoms with Crippen molar-refractivity contribution >= 4 is 17.8 Å². The Bertz CT molecular complexity index is 643. The molecule has 2 heterocycles. The van der Waals surface area contributed by atoms with Gasteiger partial charge in [-0.05, 0) is 25.3 Å². The summed E-state index contributed by atoms with van der Waals surface area (Å²) in [7, 11) is 0. The van der Waals surface area contributed by atoms with Crippen LogP contribution in [-0.4, -0.2) is 63.4 Å². The van der Waals surface area contributed by atoms with E-state index in [1.807, 2.05) is 0 Å². The number of nitrogens with one attached hydrogen (secondary N) is 2. The molecule has 2 aliphatic rings. The normalized spacial score (nSPS) is 22.8. The van der Waals surface area contributed by atoms with E-state index in [0.717, 1.165) is 38.9 Å². The molecule has 1 aromatic rings. The highest BCUT2D eigenvalue weighted by Crippen LogP contribution is 2.37. The fourth-order valence-electron chi connectivity index (χ4n) is 4.14. The number of hydrogen-bond acceptors (Lipinski definition) is 7. The van der Waals surface area contributed by atoms with Crippen molar-refractivity contribution in [2.24, 2.45) is 5.41 Å². The number of likely N-dealkylation sites (tertiary alicyclic amines) is 1. The minimum Gasteiger partial charge on any atom is -0.396 e. The summed E-state index contributed by atoms with van der Waals surface area (Å²) in [6.45, 7) is 3.24. The van der Waals surface area contributed by atoms with Gasteiger partial charge in [-0.15, -0.1) is 0 Å². The van der Waals surface area contributed by atoms with Crippen LogP contribution >= 0.6 is 0 Å². The molecule has 1 aliphatic carbocycles. The molecular formula is C19H29N5O3. The second kappa shape index (κ2) is 9.25. The lowest BCUT2D eigenvalue weighted by Crippen LogP contribution is -2.41. The number of aliphatic hydroxyl groups excluding tert-OH is 1. The summed E-state index contributed by atoms with van der Waals surface area (Å²) in [5.41, 5.74) is 2.15. The van der Waals surface area contributed by atoms with E-state index in [4.69, 9.17) is 5.21 Å². The molecule has 0 spiro atoms. The van der Waals surface area contributed by atoms with Gasteiger partial charge >= 0.3 is 0 Å². The second-order valence-electron chi connectivity index (χ2n) is 7.72. The van der Waals surface area contributed by atoms with Gasteiger partial charge in [0.1, 0.15) is 5.82 Å². The maximum Gasteiger partial charge on any atom is 0.267 e.